The van der Waals surface area contributed by atoms with Gasteiger partial charge in [0, 0.05) is 18.6 Å². The van der Waals surface area contributed by atoms with E-state index >= 15 is 0 Å². The van der Waals surface area contributed by atoms with Gasteiger partial charge in [0.2, 0.25) is 0 Å². The fourth-order valence-electron chi connectivity index (χ4n) is 2.56. The zero-order valence-electron chi connectivity index (χ0n) is 13.3. The number of aliphatic hydroxyl groups excluding tert-OH is 1. The van der Waals surface area contributed by atoms with Crippen LogP contribution in [0.3, 0.4) is 0 Å². The molecule has 1 aliphatic rings. The van der Waals surface area contributed by atoms with Crippen LogP contribution in [0.2, 0.25) is 0 Å². The number of nitrogens with zero attached hydrogens (tertiary/aromatic N) is 1. The van der Waals surface area contributed by atoms with Crippen molar-refractivity contribution in [2.45, 2.75) is 45.1 Å². The first-order chi connectivity index (χ1) is 9.97. The highest BCUT2D eigenvalue weighted by molar-refractivity contribution is 5.13. The van der Waals surface area contributed by atoms with Gasteiger partial charge >= 0.3 is 0 Å². The van der Waals surface area contributed by atoms with E-state index in [0.717, 1.165) is 12.1 Å². The van der Waals surface area contributed by atoms with Crippen LogP contribution >= 0.6 is 0 Å². The Kier molecular flexibility index (Phi) is 5.76. The van der Waals surface area contributed by atoms with E-state index in [4.69, 9.17) is 9.47 Å². The SMILES string of the molecule is CC1CN(CC(O)COCc2ccccc2)C(C)(C)CO1. The molecule has 0 bridgehead atoms. The highest BCUT2D eigenvalue weighted by Crippen LogP contribution is 2.22. The Labute approximate surface area is 127 Å². The molecule has 1 aromatic rings. The van der Waals surface area contributed by atoms with Gasteiger partial charge < -0.3 is 14.6 Å². The van der Waals surface area contributed by atoms with E-state index in [1.165, 1.54) is 0 Å². The van der Waals surface area contributed by atoms with Crippen LogP contribution in [0.15, 0.2) is 30.3 Å². The maximum absolute atomic E-state index is 10.2. The normalized spacial score (nSPS) is 23.9. The summed E-state index contributed by atoms with van der Waals surface area (Å²) in [6, 6.07) is 10.0. The van der Waals surface area contributed by atoms with Crippen molar-refractivity contribution in [2.24, 2.45) is 0 Å². The van der Waals surface area contributed by atoms with E-state index in [2.05, 4.69) is 25.7 Å². The Hall–Kier alpha value is -0.940. The molecule has 1 heterocycles. The largest absolute Gasteiger partial charge is 0.389 e. The van der Waals surface area contributed by atoms with Crippen LogP contribution in [0.4, 0.5) is 0 Å². The van der Waals surface area contributed by atoms with Gasteiger partial charge in [-0.15, -0.1) is 0 Å². The Morgan fingerprint density at radius 1 is 1.38 bits per heavy atom. The molecule has 2 rings (SSSR count). The Morgan fingerprint density at radius 3 is 2.81 bits per heavy atom. The molecule has 2 atom stereocenters. The van der Waals surface area contributed by atoms with Crippen molar-refractivity contribution in [3.63, 3.8) is 0 Å². The third kappa shape index (κ3) is 5.08. The molecule has 1 aliphatic heterocycles. The molecule has 0 aromatic heterocycles. The first-order valence-electron chi connectivity index (χ1n) is 7.64. The second-order valence-corrected chi connectivity index (χ2v) is 6.49. The molecule has 1 fully saturated rings. The van der Waals surface area contributed by atoms with Gasteiger partial charge in [-0.05, 0) is 26.3 Å². The van der Waals surface area contributed by atoms with Crippen molar-refractivity contribution in [1.29, 1.82) is 0 Å². The minimum absolute atomic E-state index is 0.0348. The summed E-state index contributed by atoms with van der Waals surface area (Å²) >= 11 is 0. The summed E-state index contributed by atoms with van der Waals surface area (Å²) in [4.78, 5) is 2.29. The molecule has 118 valence electrons. The lowest BCUT2D eigenvalue weighted by atomic mass is 10.0. The lowest BCUT2D eigenvalue weighted by molar-refractivity contribution is -0.108. The summed E-state index contributed by atoms with van der Waals surface area (Å²) in [5, 5.41) is 10.2. The van der Waals surface area contributed by atoms with Gasteiger partial charge in [0.25, 0.3) is 0 Å². The van der Waals surface area contributed by atoms with Gasteiger partial charge in [0.05, 0.1) is 32.0 Å². The minimum atomic E-state index is -0.474. The van der Waals surface area contributed by atoms with Crippen molar-refractivity contribution < 1.29 is 14.6 Å². The summed E-state index contributed by atoms with van der Waals surface area (Å²) in [5.41, 5.74) is 1.09. The standard InChI is InChI=1S/C17H27NO3/c1-14-9-18(17(2,3)13-21-14)10-16(19)12-20-11-15-7-5-4-6-8-15/h4-8,14,16,19H,9-13H2,1-3H3. The Balaban J connectivity index is 1.74. The van der Waals surface area contributed by atoms with Crippen LogP contribution < -0.4 is 0 Å². The predicted molar refractivity (Wildman–Crippen MR) is 83.2 cm³/mol. The molecular formula is C17H27NO3. The number of benzene rings is 1. The second-order valence-electron chi connectivity index (χ2n) is 6.49. The summed E-state index contributed by atoms with van der Waals surface area (Å²) in [7, 11) is 0. The number of rotatable bonds is 6. The van der Waals surface area contributed by atoms with E-state index in [9.17, 15) is 5.11 Å². The molecule has 0 spiro atoms. The van der Waals surface area contributed by atoms with Crippen molar-refractivity contribution in [3.8, 4) is 0 Å². The molecular weight excluding hydrogens is 266 g/mol. The molecule has 4 nitrogen and oxygen atoms in total. The molecule has 1 aromatic carbocycles. The van der Waals surface area contributed by atoms with E-state index in [1.54, 1.807) is 0 Å². The number of aliphatic hydroxyl groups is 1. The van der Waals surface area contributed by atoms with Gasteiger partial charge in [0.1, 0.15) is 0 Å². The lowest BCUT2D eigenvalue weighted by Crippen LogP contribution is -2.57. The zero-order chi connectivity index (χ0) is 15.3. The maximum Gasteiger partial charge on any atom is 0.0900 e. The van der Waals surface area contributed by atoms with Crippen molar-refractivity contribution >= 4 is 0 Å². The third-order valence-corrected chi connectivity index (χ3v) is 3.91. The minimum Gasteiger partial charge on any atom is -0.389 e. The number of hydrogen-bond donors (Lipinski definition) is 1. The maximum atomic E-state index is 10.2. The highest BCUT2D eigenvalue weighted by Gasteiger charge is 2.34. The molecule has 0 amide bonds. The van der Waals surface area contributed by atoms with Crippen molar-refractivity contribution in [2.75, 3.05) is 26.3 Å². The van der Waals surface area contributed by atoms with Crippen LogP contribution in [0, 0.1) is 0 Å². The topological polar surface area (TPSA) is 41.9 Å². The number of β-amino-alcohol motifs (C(OH)–C–C–N with tert-alkyl or cyclic N) is 1. The number of morpholine rings is 1. The van der Waals surface area contributed by atoms with Crippen LogP contribution in [-0.4, -0.2) is 54.1 Å². The van der Waals surface area contributed by atoms with Crippen molar-refractivity contribution in [3.05, 3.63) is 35.9 Å². The second kappa shape index (κ2) is 7.36. The first kappa shape index (κ1) is 16.4. The molecule has 0 radical (unpaired) electrons. The average Bonchev–Trinajstić information content (AvgIpc) is 2.44. The van der Waals surface area contributed by atoms with E-state index in [-0.39, 0.29) is 11.6 Å². The van der Waals surface area contributed by atoms with Crippen LogP contribution in [-0.2, 0) is 16.1 Å². The van der Waals surface area contributed by atoms with Gasteiger partial charge in [-0.2, -0.15) is 0 Å². The van der Waals surface area contributed by atoms with E-state index in [0.29, 0.717) is 26.4 Å². The summed E-state index contributed by atoms with van der Waals surface area (Å²) in [5.74, 6) is 0. The van der Waals surface area contributed by atoms with Gasteiger partial charge in [0.15, 0.2) is 0 Å². The fourth-order valence-corrected chi connectivity index (χ4v) is 2.56. The van der Waals surface area contributed by atoms with Gasteiger partial charge in [-0.1, -0.05) is 30.3 Å². The third-order valence-electron chi connectivity index (χ3n) is 3.91. The lowest BCUT2D eigenvalue weighted by Gasteiger charge is -2.45. The summed E-state index contributed by atoms with van der Waals surface area (Å²) in [6.45, 7) is 9.44. The fraction of sp³-hybridized carbons (Fsp3) is 0.647. The average molecular weight is 293 g/mol. The molecule has 1 saturated heterocycles. The Morgan fingerprint density at radius 2 is 2.10 bits per heavy atom. The molecule has 0 aliphatic carbocycles. The summed E-state index contributed by atoms with van der Waals surface area (Å²) in [6.07, 6.45) is -0.256. The van der Waals surface area contributed by atoms with Crippen LogP contribution in [0.25, 0.3) is 0 Å². The van der Waals surface area contributed by atoms with Gasteiger partial charge in [-0.25, -0.2) is 0 Å². The van der Waals surface area contributed by atoms with Crippen LogP contribution in [0.1, 0.15) is 26.3 Å². The van der Waals surface area contributed by atoms with Crippen LogP contribution in [0.5, 0.6) is 0 Å². The molecule has 4 heteroatoms. The zero-order valence-corrected chi connectivity index (χ0v) is 13.3. The first-order valence-corrected chi connectivity index (χ1v) is 7.64. The highest BCUT2D eigenvalue weighted by atomic mass is 16.5. The van der Waals surface area contributed by atoms with E-state index < -0.39 is 6.10 Å². The van der Waals surface area contributed by atoms with Crippen molar-refractivity contribution in [1.82, 2.24) is 4.90 Å². The summed E-state index contributed by atoms with van der Waals surface area (Å²) < 4.78 is 11.3. The number of hydrogen-bond acceptors (Lipinski definition) is 4. The molecule has 0 saturated carbocycles. The molecule has 21 heavy (non-hydrogen) atoms. The predicted octanol–water partition coefficient (Wildman–Crippen LogP) is 2.06. The Bertz CT molecular complexity index is 421. The smallest absolute Gasteiger partial charge is 0.0900 e. The van der Waals surface area contributed by atoms with E-state index in [1.807, 2.05) is 30.3 Å². The molecule has 1 N–H and O–H groups in total. The quantitative estimate of drug-likeness (QED) is 0.872. The molecule has 2 unspecified atom stereocenters. The number of ether oxygens (including phenoxy) is 2. The van der Waals surface area contributed by atoms with Gasteiger partial charge in [-0.3, -0.25) is 4.90 Å². The monoisotopic (exact) mass is 293 g/mol.